The molecule has 2 unspecified atom stereocenters. The second-order valence-corrected chi connectivity index (χ2v) is 6.68. The van der Waals surface area contributed by atoms with E-state index in [1.807, 2.05) is 38.2 Å². The van der Waals surface area contributed by atoms with Gasteiger partial charge in [-0.3, -0.25) is 0 Å². The van der Waals surface area contributed by atoms with E-state index in [1.165, 1.54) is 0 Å². The number of rotatable bonds is 3. The van der Waals surface area contributed by atoms with Crippen LogP contribution in [0, 0.1) is 0 Å². The van der Waals surface area contributed by atoms with Crippen LogP contribution in [0.2, 0.25) is 0 Å². The predicted octanol–water partition coefficient (Wildman–Crippen LogP) is 4.49. The molecular formula is C13H14Cl3NO. The Morgan fingerprint density at radius 3 is 2.56 bits per heavy atom. The van der Waals surface area contributed by atoms with Gasteiger partial charge in [-0.05, 0) is 31.7 Å². The van der Waals surface area contributed by atoms with E-state index in [-0.39, 0.29) is 12.0 Å². The number of furan rings is 1. The van der Waals surface area contributed by atoms with Gasteiger partial charge in [0.2, 0.25) is 0 Å². The fraction of sp³-hybridized carbons (Fsp3) is 0.385. The minimum Gasteiger partial charge on any atom is -0.464 e. The highest BCUT2D eigenvalue weighted by atomic mass is 35.6. The summed E-state index contributed by atoms with van der Waals surface area (Å²) in [6.45, 7) is 1.99. The molecule has 0 radical (unpaired) electrons. The maximum atomic E-state index is 6.09. The van der Waals surface area contributed by atoms with Crippen molar-refractivity contribution in [1.82, 2.24) is 5.32 Å². The van der Waals surface area contributed by atoms with Gasteiger partial charge >= 0.3 is 0 Å². The predicted molar refractivity (Wildman–Crippen MR) is 77.8 cm³/mol. The molecule has 1 N–H and O–H groups in total. The Balaban J connectivity index is 2.46. The zero-order valence-electron chi connectivity index (χ0n) is 10.1. The molecule has 0 aliphatic carbocycles. The lowest BCUT2D eigenvalue weighted by molar-refractivity contribution is 0.499. The normalized spacial score (nSPS) is 15.8. The van der Waals surface area contributed by atoms with Crippen molar-refractivity contribution in [2.24, 2.45) is 0 Å². The quantitative estimate of drug-likeness (QED) is 0.845. The molecule has 0 fully saturated rings. The van der Waals surface area contributed by atoms with Gasteiger partial charge in [-0.1, -0.05) is 46.9 Å². The van der Waals surface area contributed by atoms with Gasteiger partial charge in [0.05, 0.1) is 6.26 Å². The van der Waals surface area contributed by atoms with Crippen molar-refractivity contribution in [3.8, 4) is 0 Å². The Morgan fingerprint density at radius 1 is 1.22 bits per heavy atom. The number of alkyl halides is 3. The van der Waals surface area contributed by atoms with E-state index in [9.17, 15) is 0 Å². The highest BCUT2D eigenvalue weighted by Crippen LogP contribution is 2.44. The number of fused-ring (bicyclic) bond motifs is 1. The Labute approximate surface area is 121 Å². The third-order valence-corrected chi connectivity index (χ3v) is 3.85. The molecule has 2 nitrogen and oxygen atoms in total. The fourth-order valence-corrected chi connectivity index (χ4v) is 3.04. The van der Waals surface area contributed by atoms with E-state index in [0.717, 1.165) is 16.5 Å². The summed E-state index contributed by atoms with van der Waals surface area (Å²) in [7, 11) is 1.85. The topological polar surface area (TPSA) is 25.2 Å². The van der Waals surface area contributed by atoms with Gasteiger partial charge in [-0.15, -0.1) is 0 Å². The van der Waals surface area contributed by atoms with Gasteiger partial charge in [-0.2, -0.15) is 0 Å². The summed E-state index contributed by atoms with van der Waals surface area (Å²) in [4.78, 5) is 0. The second-order valence-electron chi connectivity index (χ2n) is 4.31. The van der Waals surface area contributed by atoms with E-state index in [0.29, 0.717) is 0 Å². The molecule has 2 rings (SSSR count). The second kappa shape index (κ2) is 5.30. The van der Waals surface area contributed by atoms with Gasteiger partial charge in [0.25, 0.3) is 0 Å². The van der Waals surface area contributed by atoms with Crippen LogP contribution in [0.4, 0.5) is 0 Å². The zero-order valence-corrected chi connectivity index (χ0v) is 12.4. The van der Waals surface area contributed by atoms with Crippen molar-refractivity contribution >= 4 is 45.8 Å². The van der Waals surface area contributed by atoms with Gasteiger partial charge in [0.15, 0.2) is 3.79 Å². The van der Waals surface area contributed by atoms with Crippen LogP contribution in [0.5, 0.6) is 0 Å². The van der Waals surface area contributed by atoms with Crippen molar-refractivity contribution in [3.05, 3.63) is 36.1 Å². The summed E-state index contributed by atoms with van der Waals surface area (Å²) in [5.74, 6) is -0.248. The number of hydrogen-bond donors (Lipinski definition) is 1. The average Bonchev–Trinajstić information content (AvgIpc) is 2.74. The standard InChI is InChI=1S/C13H14Cl3NO/c1-8(17-2)12(13(14,15)16)10-4-3-9-5-6-18-11(9)7-10/h3-8,12,17H,1-2H3. The lowest BCUT2D eigenvalue weighted by Crippen LogP contribution is -2.36. The SMILES string of the molecule is CNC(C)C(c1ccc2ccoc2c1)C(Cl)(Cl)Cl. The van der Waals surface area contributed by atoms with Gasteiger partial charge in [0.1, 0.15) is 5.58 Å². The number of likely N-dealkylation sites (N-methyl/N-ethyl adjacent to an activating group) is 1. The fourth-order valence-electron chi connectivity index (χ4n) is 2.09. The molecule has 0 saturated heterocycles. The smallest absolute Gasteiger partial charge is 0.198 e. The van der Waals surface area contributed by atoms with Gasteiger partial charge in [-0.25, -0.2) is 0 Å². The van der Waals surface area contributed by atoms with E-state index >= 15 is 0 Å². The van der Waals surface area contributed by atoms with E-state index in [4.69, 9.17) is 39.2 Å². The molecule has 0 aliphatic heterocycles. The largest absolute Gasteiger partial charge is 0.464 e. The summed E-state index contributed by atoms with van der Waals surface area (Å²) in [6.07, 6.45) is 1.65. The molecule has 18 heavy (non-hydrogen) atoms. The highest BCUT2D eigenvalue weighted by Gasteiger charge is 2.37. The lowest BCUT2D eigenvalue weighted by Gasteiger charge is -2.30. The van der Waals surface area contributed by atoms with E-state index in [1.54, 1.807) is 6.26 Å². The number of hydrogen-bond acceptors (Lipinski definition) is 2. The van der Waals surface area contributed by atoms with Crippen LogP contribution in [0.15, 0.2) is 34.9 Å². The Bertz CT molecular complexity index is 532. The maximum Gasteiger partial charge on any atom is 0.198 e. The first-order valence-corrected chi connectivity index (χ1v) is 6.78. The molecule has 5 heteroatoms. The maximum absolute atomic E-state index is 6.09. The molecule has 2 aromatic rings. The average molecular weight is 307 g/mol. The molecule has 0 aliphatic rings. The van der Waals surface area contributed by atoms with Gasteiger partial charge in [0, 0.05) is 17.3 Å². The third-order valence-electron chi connectivity index (χ3n) is 3.15. The van der Waals surface area contributed by atoms with Crippen LogP contribution in [-0.2, 0) is 0 Å². The number of halogens is 3. The Kier molecular flexibility index (Phi) is 4.12. The third kappa shape index (κ3) is 2.77. The lowest BCUT2D eigenvalue weighted by atomic mass is 9.93. The molecule has 98 valence electrons. The van der Waals surface area contributed by atoms with Gasteiger partial charge < -0.3 is 9.73 Å². The zero-order chi connectivity index (χ0) is 13.3. The summed E-state index contributed by atoms with van der Waals surface area (Å²) < 4.78 is 4.01. The van der Waals surface area contributed by atoms with Crippen LogP contribution < -0.4 is 5.32 Å². The summed E-state index contributed by atoms with van der Waals surface area (Å²) in [6, 6.07) is 7.81. The molecule has 0 bridgehead atoms. The Morgan fingerprint density at radius 2 is 1.94 bits per heavy atom. The summed E-state index contributed by atoms with van der Waals surface area (Å²) >= 11 is 18.3. The van der Waals surface area contributed by atoms with Crippen molar-refractivity contribution in [3.63, 3.8) is 0 Å². The number of benzene rings is 1. The Hall–Kier alpha value is -0.410. The molecule has 1 aromatic heterocycles. The minimum absolute atomic E-state index is 0.0323. The van der Waals surface area contributed by atoms with E-state index in [2.05, 4.69) is 5.32 Å². The first-order chi connectivity index (χ1) is 8.43. The first-order valence-electron chi connectivity index (χ1n) is 5.64. The summed E-state index contributed by atoms with van der Waals surface area (Å²) in [5.41, 5.74) is 1.74. The van der Waals surface area contributed by atoms with Crippen LogP contribution in [0.1, 0.15) is 18.4 Å². The van der Waals surface area contributed by atoms with Crippen LogP contribution >= 0.6 is 34.8 Å². The summed E-state index contributed by atoms with van der Waals surface area (Å²) in [5, 5.41) is 4.17. The molecule has 0 saturated carbocycles. The van der Waals surface area contributed by atoms with Crippen molar-refractivity contribution < 1.29 is 4.42 Å². The molecule has 1 aromatic carbocycles. The van der Waals surface area contributed by atoms with Crippen LogP contribution in [0.25, 0.3) is 11.0 Å². The molecule has 0 spiro atoms. The number of nitrogens with one attached hydrogen (secondary N) is 1. The molecule has 0 amide bonds. The molecule has 1 heterocycles. The molecule has 2 atom stereocenters. The van der Waals surface area contributed by atoms with Crippen molar-refractivity contribution in [2.45, 2.75) is 22.7 Å². The van der Waals surface area contributed by atoms with Crippen molar-refractivity contribution in [1.29, 1.82) is 0 Å². The van der Waals surface area contributed by atoms with Crippen molar-refractivity contribution in [2.75, 3.05) is 7.05 Å². The highest BCUT2D eigenvalue weighted by molar-refractivity contribution is 6.68. The van der Waals surface area contributed by atoms with Crippen LogP contribution in [0.3, 0.4) is 0 Å². The van der Waals surface area contributed by atoms with Crippen LogP contribution in [-0.4, -0.2) is 16.9 Å². The minimum atomic E-state index is -1.37. The molecular weight excluding hydrogens is 293 g/mol. The first kappa shape index (κ1) is 14.0. The van der Waals surface area contributed by atoms with E-state index < -0.39 is 3.79 Å². The monoisotopic (exact) mass is 305 g/mol.